The van der Waals surface area contributed by atoms with E-state index in [1.54, 1.807) is 0 Å². The summed E-state index contributed by atoms with van der Waals surface area (Å²) in [4.78, 5) is 35.1. The predicted molar refractivity (Wildman–Crippen MR) is 140 cm³/mol. The van der Waals surface area contributed by atoms with Crippen LogP contribution in [0.15, 0.2) is 66.7 Å². The van der Waals surface area contributed by atoms with Crippen molar-refractivity contribution in [2.45, 2.75) is 20.8 Å². The highest BCUT2D eigenvalue weighted by molar-refractivity contribution is 7.22. The van der Waals surface area contributed by atoms with Gasteiger partial charge in [-0.3, -0.25) is 10.1 Å². The highest BCUT2D eigenvalue weighted by Crippen LogP contribution is 2.31. The molecule has 35 heavy (non-hydrogen) atoms. The number of nitrogens with one attached hydrogen (secondary N) is 1. The first-order valence-electron chi connectivity index (χ1n) is 11.2. The third-order valence-electron chi connectivity index (χ3n) is 5.80. The fraction of sp³-hybridized carbons (Fsp3) is 0.143. The number of esters is 1. The van der Waals surface area contributed by atoms with Crippen molar-refractivity contribution in [3.8, 4) is 11.3 Å². The molecule has 0 spiro atoms. The zero-order valence-corrected chi connectivity index (χ0v) is 20.4. The van der Waals surface area contributed by atoms with Crippen LogP contribution in [0.1, 0.15) is 27.0 Å². The number of aromatic nitrogens is 2. The quantitative estimate of drug-likeness (QED) is 0.301. The number of hydrogen-bond acceptors (Lipinski definition) is 6. The van der Waals surface area contributed by atoms with Crippen LogP contribution in [0.2, 0.25) is 0 Å². The Morgan fingerprint density at radius 1 is 0.943 bits per heavy atom. The second-order valence-corrected chi connectivity index (χ2v) is 9.45. The monoisotopic (exact) mass is 481 g/mol. The van der Waals surface area contributed by atoms with Crippen LogP contribution >= 0.6 is 11.3 Å². The maximum Gasteiger partial charge on any atom is 0.339 e. The molecule has 0 aliphatic carbocycles. The highest BCUT2D eigenvalue weighted by atomic mass is 32.1. The smallest absolute Gasteiger partial charge is 0.339 e. The Balaban J connectivity index is 1.38. The van der Waals surface area contributed by atoms with Crippen LogP contribution in [0, 0.1) is 20.8 Å². The molecule has 0 aliphatic heterocycles. The van der Waals surface area contributed by atoms with E-state index in [-0.39, 0.29) is 0 Å². The molecule has 0 bridgehead atoms. The number of aryl methyl sites for hydroxylation is 2. The van der Waals surface area contributed by atoms with Crippen molar-refractivity contribution in [3.05, 3.63) is 89.0 Å². The Kier molecular flexibility index (Phi) is 6.01. The molecule has 0 fully saturated rings. The number of carbonyl (C=O) groups excluding carboxylic acids is 2. The number of rotatable bonds is 5. The number of ether oxygens (including phenoxy) is 1. The van der Waals surface area contributed by atoms with Gasteiger partial charge in [0.25, 0.3) is 5.91 Å². The molecule has 5 rings (SSSR count). The Morgan fingerprint density at radius 3 is 2.49 bits per heavy atom. The van der Waals surface area contributed by atoms with E-state index in [9.17, 15) is 9.59 Å². The number of pyridine rings is 1. The van der Waals surface area contributed by atoms with Gasteiger partial charge in [0, 0.05) is 10.9 Å². The molecule has 0 saturated carbocycles. The third-order valence-corrected chi connectivity index (χ3v) is 6.72. The Labute approximate surface area is 206 Å². The van der Waals surface area contributed by atoms with Gasteiger partial charge in [0.1, 0.15) is 0 Å². The van der Waals surface area contributed by atoms with E-state index in [1.165, 1.54) is 11.3 Å². The number of amides is 1. The molecular weight excluding hydrogens is 458 g/mol. The zero-order valence-electron chi connectivity index (χ0n) is 19.6. The van der Waals surface area contributed by atoms with Crippen LogP contribution < -0.4 is 5.32 Å². The summed E-state index contributed by atoms with van der Waals surface area (Å²) >= 11 is 1.40. The molecule has 2 aromatic heterocycles. The summed E-state index contributed by atoms with van der Waals surface area (Å²) in [5, 5.41) is 3.92. The van der Waals surface area contributed by atoms with Crippen LogP contribution in [0.25, 0.3) is 32.4 Å². The summed E-state index contributed by atoms with van der Waals surface area (Å²) in [6, 6.07) is 21.2. The standard InChI is InChI=1S/C28H23N3O3S/c1-16-13-17(2)25-22(14-16)35-28(31-25)30-23(32)15-34-27(33)24-18(3)26(19-9-5-4-6-10-19)29-21-12-8-7-11-20(21)24/h4-14H,15H2,1-3H3,(H,30,31,32). The molecule has 0 radical (unpaired) electrons. The second kappa shape index (κ2) is 9.27. The zero-order chi connectivity index (χ0) is 24.5. The molecule has 0 aliphatic rings. The van der Waals surface area contributed by atoms with Crippen LogP contribution in [0.5, 0.6) is 0 Å². The van der Waals surface area contributed by atoms with Crippen LogP contribution in [0.3, 0.4) is 0 Å². The number of nitrogens with zero attached hydrogens (tertiary/aromatic N) is 2. The number of hydrogen-bond donors (Lipinski definition) is 1. The van der Waals surface area contributed by atoms with Crippen molar-refractivity contribution in [3.63, 3.8) is 0 Å². The van der Waals surface area contributed by atoms with Crippen molar-refractivity contribution >= 4 is 49.5 Å². The minimum Gasteiger partial charge on any atom is -0.452 e. The van der Waals surface area contributed by atoms with Gasteiger partial charge in [-0.25, -0.2) is 14.8 Å². The van der Waals surface area contributed by atoms with Gasteiger partial charge in [-0.1, -0.05) is 65.9 Å². The van der Waals surface area contributed by atoms with E-state index < -0.39 is 18.5 Å². The molecule has 0 saturated heterocycles. The second-order valence-electron chi connectivity index (χ2n) is 8.42. The first kappa shape index (κ1) is 22.7. The van der Waals surface area contributed by atoms with E-state index in [2.05, 4.69) is 16.4 Å². The minimum absolute atomic E-state index is 0.411. The van der Waals surface area contributed by atoms with Crippen LogP contribution in [-0.4, -0.2) is 28.5 Å². The highest BCUT2D eigenvalue weighted by Gasteiger charge is 2.21. The number of benzene rings is 3. The fourth-order valence-electron chi connectivity index (χ4n) is 4.23. The van der Waals surface area contributed by atoms with Gasteiger partial charge in [-0.2, -0.15) is 0 Å². The summed E-state index contributed by atoms with van der Waals surface area (Å²) in [7, 11) is 0. The van der Waals surface area contributed by atoms with E-state index in [0.29, 0.717) is 32.9 Å². The van der Waals surface area contributed by atoms with Crippen LogP contribution in [-0.2, 0) is 9.53 Å². The fourth-order valence-corrected chi connectivity index (χ4v) is 5.29. The number of thiazole rings is 1. The summed E-state index contributed by atoms with van der Waals surface area (Å²) in [5.74, 6) is -1.00. The third kappa shape index (κ3) is 4.50. The molecule has 174 valence electrons. The summed E-state index contributed by atoms with van der Waals surface area (Å²) in [6.07, 6.45) is 0. The lowest BCUT2D eigenvalue weighted by molar-refractivity contribution is -0.119. The molecule has 2 heterocycles. The molecule has 5 aromatic rings. The maximum absolute atomic E-state index is 13.2. The minimum atomic E-state index is -0.566. The average Bonchev–Trinajstić information content (AvgIpc) is 3.25. The number of fused-ring (bicyclic) bond motifs is 2. The first-order valence-corrected chi connectivity index (χ1v) is 12.0. The SMILES string of the molecule is Cc1cc(C)c2nc(NC(=O)COC(=O)c3c(C)c(-c4ccccc4)nc4ccccc34)sc2c1. The summed E-state index contributed by atoms with van der Waals surface area (Å²) in [6.45, 7) is 5.46. The number of para-hydroxylation sites is 1. The Bertz CT molecular complexity index is 1590. The topological polar surface area (TPSA) is 81.2 Å². The molecule has 6 nitrogen and oxygen atoms in total. The maximum atomic E-state index is 13.2. The van der Waals surface area contributed by atoms with Gasteiger partial charge in [0.15, 0.2) is 11.7 Å². The van der Waals surface area contributed by atoms with Crippen molar-refractivity contribution in [1.82, 2.24) is 9.97 Å². The molecule has 3 aromatic carbocycles. The first-order chi connectivity index (χ1) is 16.9. The van der Waals surface area contributed by atoms with E-state index in [4.69, 9.17) is 9.72 Å². The van der Waals surface area contributed by atoms with Gasteiger partial charge in [-0.05, 0) is 49.6 Å². The molecular formula is C28H23N3O3S. The molecule has 1 amide bonds. The molecule has 0 unspecified atom stereocenters. The lowest BCUT2D eigenvalue weighted by Crippen LogP contribution is -2.21. The molecule has 1 N–H and O–H groups in total. The van der Waals surface area contributed by atoms with Gasteiger partial charge in [0.2, 0.25) is 0 Å². The lowest BCUT2D eigenvalue weighted by Gasteiger charge is -2.14. The van der Waals surface area contributed by atoms with Gasteiger partial charge < -0.3 is 4.74 Å². The van der Waals surface area contributed by atoms with E-state index >= 15 is 0 Å². The van der Waals surface area contributed by atoms with Gasteiger partial charge >= 0.3 is 5.97 Å². The largest absolute Gasteiger partial charge is 0.452 e. The summed E-state index contributed by atoms with van der Waals surface area (Å²) < 4.78 is 6.46. The van der Waals surface area contributed by atoms with Crippen molar-refractivity contribution < 1.29 is 14.3 Å². The normalized spacial score (nSPS) is 11.1. The Hall–Kier alpha value is -4.10. The van der Waals surface area contributed by atoms with E-state index in [1.807, 2.05) is 81.4 Å². The van der Waals surface area contributed by atoms with Gasteiger partial charge in [0.05, 0.1) is 27.0 Å². The van der Waals surface area contributed by atoms with Crippen LogP contribution in [0.4, 0.5) is 5.13 Å². The van der Waals surface area contributed by atoms with Crippen molar-refractivity contribution in [2.24, 2.45) is 0 Å². The predicted octanol–water partition coefficient (Wildman–Crippen LogP) is 6.23. The lowest BCUT2D eigenvalue weighted by atomic mass is 9.98. The average molecular weight is 482 g/mol. The molecule has 7 heteroatoms. The number of carbonyl (C=O) groups is 2. The number of anilines is 1. The van der Waals surface area contributed by atoms with Crippen molar-refractivity contribution in [1.29, 1.82) is 0 Å². The Morgan fingerprint density at radius 2 is 1.69 bits per heavy atom. The molecule has 0 atom stereocenters. The van der Waals surface area contributed by atoms with Gasteiger partial charge in [-0.15, -0.1) is 0 Å². The van der Waals surface area contributed by atoms with E-state index in [0.717, 1.165) is 26.9 Å². The van der Waals surface area contributed by atoms with Crippen molar-refractivity contribution in [2.75, 3.05) is 11.9 Å². The summed E-state index contributed by atoms with van der Waals surface area (Å²) in [5.41, 5.74) is 6.47.